The van der Waals surface area contributed by atoms with Gasteiger partial charge in [0.15, 0.2) is 0 Å². The Morgan fingerprint density at radius 1 is 1.32 bits per heavy atom. The maximum absolute atomic E-state index is 5.95. The Morgan fingerprint density at radius 3 is 2.53 bits per heavy atom. The molecule has 0 heterocycles. The van der Waals surface area contributed by atoms with E-state index in [2.05, 4.69) is 29.3 Å². The topological polar surface area (TPSA) is 15.3 Å². The van der Waals surface area contributed by atoms with E-state index in [0.717, 1.165) is 23.9 Å². The van der Waals surface area contributed by atoms with E-state index in [1.807, 2.05) is 19.2 Å². The Morgan fingerprint density at radius 2 is 2.00 bits per heavy atom. The zero-order chi connectivity index (χ0) is 13.7. The third-order valence-corrected chi connectivity index (χ3v) is 4.27. The quantitative estimate of drug-likeness (QED) is 0.781. The lowest BCUT2D eigenvalue weighted by molar-refractivity contribution is 0.261. The molecule has 0 saturated heterocycles. The van der Waals surface area contributed by atoms with E-state index in [1.165, 1.54) is 31.5 Å². The molecule has 2 nitrogen and oxygen atoms in total. The number of rotatable bonds is 8. The summed E-state index contributed by atoms with van der Waals surface area (Å²) in [6.45, 7) is 5.88. The maximum atomic E-state index is 5.95. The molecule has 1 fully saturated rings. The second kappa shape index (κ2) is 7.28. The summed E-state index contributed by atoms with van der Waals surface area (Å²) in [4.78, 5) is 2.58. The predicted molar refractivity (Wildman–Crippen MR) is 82.7 cm³/mol. The van der Waals surface area contributed by atoms with E-state index in [9.17, 15) is 0 Å². The molecule has 106 valence electrons. The molecule has 1 N–H and O–H groups in total. The van der Waals surface area contributed by atoms with Crippen LogP contribution in [0.3, 0.4) is 0 Å². The highest BCUT2D eigenvalue weighted by Crippen LogP contribution is 2.30. The lowest BCUT2D eigenvalue weighted by atomic mass is 10.0. The largest absolute Gasteiger partial charge is 0.313 e. The van der Waals surface area contributed by atoms with E-state index >= 15 is 0 Å². The Labute approximate surface area is 122 Å². The van der Waals surface area contributed by atoms with E-state index in [-0.39, 0.29) is 0 Å². The minimum absolute atomic E-state index is 0.422. The van der Waals surface area contributed by atoms with Crippen LogP contribution in [0.5, 0.6) is 0 Å². The molecule has 1 unspecified atom stereocenters. The van der Waals surface area contributed by atoms with Crippen LogP contribution in [-0.4, -0.2) is 31.6 Å². The summed E-state index contributed by atoms with van der Waals surface area (Å²) in [6, 6.07) is 8.62. The van der Waals surface area contributed by atoms with Crippen molar-refractivity contribution in [3.63, 3.8) is 0 Å². The summed E-state index contributed by atoms with van der Waals surface area (Å²) in [6.07, 6.45) is 4.02. The van der Waals surface area contributed by atoms with Crippen LogP contribution in [0, 0.1) is 5.92 Å². The number of benzene rings is 1. The van der Waals surface area contributed by atoms with Crippen LogP contribution in [-0.2, 0) is 0 Å². The molecule has 0 spiro atoms. The van der Waals surface area contributed by atoms with Crippen molar-refractivity contribution in [1.82, 2.24) is 10.2 Å². The molecule has 2 rings (SSSR count). The Kier molecular flexibility index (Phi) is 5.68. The highest BCUT2D eigenvalue weighted by molar-refractivity contribution is 6.30. The first kappa shape index (κ1) is 14.8. The van der Waals surface area contributed by atoms with E-state index in [0.29, 0.717) is 6.04 Å². The Bertz CT molecular complexity index is 373. The second-order valence-electron chi connectivity index (χ2n) is 5.52. The Hall–Kier alpha value is -0.570. The molecule has 1 aliphatic carbocycles. The summed E-state index contributed by atoms with van der Waals surface area (Å²) in [5.41, 5.74) is 1.33. The summed E-state index contributed by atoms with van der Waals surface area (Å²) >= 11 is 5.95. The summed E-state index contributed by atoms with van der Waals surface area (Å²) < 4.78 is 0. The molecule has 1 aromatic rings. The van der Waals surface area contributed by atoms with Gasteiger partial charge in [0.1, 0.15) is 0 Å². The van der Waals surface area contributed by atoms with Crippen molar-refractivity contribution in [2.24, 2.45) is 5.92 Å². The van der Waals surface area contributed by atoms with Gasteiger partial charge in [0, 0.05) is 17.6 Å². The van der Waals surface area contributed by atoms with Crippen LogP contribution in [0.4, 0.5) is 0 Å². The van der Waals surface area contributed by atoms with Crippen molar-refractivity contribution >= 4 is 11.6 Å². The standard InChI is InChI=1S/C16H25ClN2/c1-3-19(12-13-4-5-13)11-10-16(18-2)14-6-8-15(17)9-7-14/h6-9,13,16,18H,3-5,10-12H2,1-2H3. The zero-order valence-corrected chi connectivity index (χ0v) is 12.8. The van der Waals surface area contributed by atoms with Crippen LogP contribution in [0.25, 0.3) is 0 Å². The first-order valence-electron chi connectivity index (χ1n) is 7.38. The van der Waals surface area contributed by atoms with Crippen molar-refractivity contribution in [2.75, 3.05) is 26.7 Å². The van der Waals surface area contributed by atoms with Crippen LogP contribution in [0.1, 0.15) is 37.8 Å². The third kappa shape index (κ3) is 4.79. The van der Waals surface area contributed by atoms with Gasteiger partial charge in [-0.3, -0.25) is 0 Å². The lowest BCUT2D eigenvalue weighted by Crippen LogP contribution is -2.30. The zero-order valence-electron chi connectivity index (χ0n) is 12.0. The van der Waals surface area contributed by atoms with E-state index < -0.39 is 0 Å². The predicted octanol–water partition coefficient (Wildman–Crippen LogP) is 3.72. The SMILES string of the molecule is CCN(CCC(NC)c1ccc(Cl)cc1)CC1CC1. The lowest BCUT2D eigenvalue weighted by Gasteiger charge is -2.24. The van der Waals surface area contributed by atoms with Gasteiger partial charge in [-0.25, -0.2) is 0 Å². The number of halogens is 1. The molecule has 1 atom stereocenters. The molecule has 0 radical (unpaired) electrons. The minimum Gasteiger partial charge on any atom is -0.313 e. The van der Waals surface area contributed by atoms with Crippen LogP contribution < -0.4 is 5.32 Å². The summed E-state index contributed by atoms with van der Waals surface area (Å²) in [5, 5.41) is 4.22. The molecular weight excluding hydrogens is 256 g/mol. The maximum Gasteiger partial charge on any atom is 0.0406 e. The van der Waals surface area contributed by atoms with E-state index in [1.54, 1.807) is 0 Å². The van der Waals surface area contributed by atoms with Gasteiger partial charge in [-0.05, 0) is 63.0 Å². The van der Waals surface area contributed by atoms with Gasteiger partial charge in [-0.15, -0.1) is 0 Å². The molecule has 1 aliphatic rings. The molecule has 3 heteroatoms. The van der Waals surface area contributed by atoms with Gasteiger partial charge in [-0.2, -0.15) is 0 Å². The average molecular weight is 281 g/mol. The van der Waals surface area contributed by atoms with Gasteiger partial charge in [-0.1, -0.05) is 30.7 Å². The number of hydrogen-bond acceptors (Lipinski definition) is 2. The summed E-state index contributed by atoms with van der Waals surface area (Å²) in [5.74, 6) is 0.975. The first-order valence-corrected chi connectivity index (χ1v) is 7.75. The van der Waals surface area contributed by atoms with Gasteiger partial charge < -0.3 is 10.2 Å². The molecule has 0 bridgehead atoms. The minimum atomic E-state index is 0.422. The highest BCUT2D eigenvalue weighted by atomic mass is 35.5. The van der Waals surface area contributed by atoms with E-state index in [4.69, 9.17) is 11.6 Å². The molecule has 0 aliphatic heterocycles. The van der Waals surface area contributed by atoms with Crippen molar-refractivity contribution < 1.29 is 0 Å². The second-order valence-corrected chi connectivity index (χ2v) is 5.95. The average Bonchev–Trinajstić information content (AvgIpc) is 3.24. The number of nitrogens with one attached hydrogen (secondary N) is 1. The molecule has 0 aromatic heterocycles. The molecule has 1 saturated carbocycles. The van der Waals surface area contributed by atoms with Crippen molar-refractivity contribution in [1.29, 1.82) is 0 Å². The van der Waals surface area contributed by atoms with Gasteiger partial charge >= 0.3 is 0 Å². The smallest absolute Gasteiger partial charge is 0.0406 e. The van der Waals surface area contributed by atoms with Crippen LogP contribution >= 0.6 is 11.6 Å². The van der Waals surface area contributed by atoms with Crippen molar-refractivity contribution in [3.05, 3.63) is 34.9 Å². The fourth-order valence-electron chi connectivity index (χ4n) is 2.53. The normalized spacial score (nSPS) is 16.8. The fourth-order valence-corrected chi connectivity index (χ4v) is 2.65. The van der Waals surface area contributed by atoms with Crippen LogP contribution in [0.2, 0.25) is 5.02 Å². The highest BCUT2D eigenvalue weighted by Gasteiger charge is 2.23. The third-order valence-electron chi connectivity index (χ3n) is 4.02. The molecule has 19 heavy (non-hydrogen) atoms. The monoisotopic (exact) mass is 280 g/mol. The Balaban J connectivity index is 1.85. The van der Waals surface area contributed by atoms with Gasteiger partial charge in [0.25, 0.3) is 0 Å². The first-order chi connectivity index (χ1) is 9.22. The molecule has 1 aromatic carbocycles. The molecule has 0 amide bonds. The number of nitrogens with zero attached hydrogens (tertiary/aromatic N) is 1. The van der Waals surface area contributed by atoms with Crippen LogP contribution in [0.15, 0.2) is 24.3 Å². The fraction of sp³-hybridized carbons (Fsp3) is 0.625. The number of hydrogen-bond donors (Lipinski definition) is 1. The summed E-state index contributed by atoms with van der Waals surface area (Å²) in [7, 11) is 2.04. The van der Waals surface area contributed by atoms with Gasteiger partial charge in [0.2, 0.25) is 0 Å². The van der Waals surface area contributed by atoms with Gasteiger partial charge in [0.05, 0.1) is 0 Å². The van der Waals surface area contributed by atoms with Crippen molar-refractivity contribution in [2.45, 2.75) is 32.2 Å². The van der Waals surface area contributed by atoms with Crippen molar-refractivity contribution in [3.8, 4) is 0 Å². The molecular formula is C16H25ClN2.